The molecule has 0 aromatic heterocycles. The van der Waals surface area contributed by atoms with Crippen LogP contribution in [0.2, 0.25) is 0 Å². The molecule has 0 bridgehead atoms. The van der Waals surface area contributed by atoms with Crippen LogP contribution in [0, 0.1) is 0 Å². The summed E-state index contributed by atoms with van der Waals surface area (Å²) in [5.74, 6) is 1.25. The van der Waals surface area contributed by atoms with Crippen LogP contribution in [0.1, 0.15) is 38.2 Å². The normalized spacial score (nSPS) is 16.6. The third kappa shape index (κ3) is 5.16. The number of carbonyl (C=O) groups excluding carboxylic acids is 1. The van der Waals surface area contributed by atoms with Gasteiger partial charge < -0.3 is 10.1 Å². The summed E-state index contributed by atoms with van der Waals surface area (Å²) in [5.41, 5.74) is 0.972. The molecule has 1 fully saturated rings. The predicted molar refractivity (Wildman–Crippen MR) is 84.7 cm³/mol. The average molecular weight is 309 g/mol. The van der Waals surface area contributed by atoms with E-state index < -0.39 is 10.8 Å². The number of amides is 1. The Balaban J connectivity index is 1.90. The zero-order valence-electron chi connectivity index (χ0n) is 12.5. The van der Waals surface area contributed by atoms with Crippen molar-refractivity contribution in [2.45, 2.75) is 45.3 Å². The number of rotatable bonds is 7. The molecule has 0 radical (unpaired) electrons. The molecule has 1 saturated carbocycles. The van der Waals surface area contributed by atoms with E-state index >= 15 is 0 Å². The van der Waals surface area contributed by atoms with Gasteiger partial charge in [-0.05, 0) is 31.7 Å². The van der Waals surface area contributed by atoms with Gasteiger partial charge in [0.25, 0.3) is 0 Å². The van der Waals surface area contributed by atoms with Gasteiger partial charge in [0.05, 0.1) is 6.10 Å². The summed E-state index contributed by atoms with van der Waals surface area (Å²) < 4.78 is 17.4. The van der Waals surface area contributed by atoms with Crippen molar-refractivity contribution in [1.82, 2.24) is 5.32 Å². The first-order valence-corrected chi connectivity index (χ1v) is 9.04. The number of carbonyl (C=O) groups is 1. The van der Waals surface area contributed by atoms with Crippen LogP contribution in [0.25, 0.3) is 0 Å². The van der Waals surface area contributed by atoms with Crippen LogP contribution in [0.15, 0.2) is 24.3 Å². The fraction of sp³-hybridized carbons (Fsp3) is 0.562. The molecule has 0 spiro atoms. The van der Waals surface area contributed by atoms with Gasteiger partial charge in [-0.15, -0.1) is 0 Å². The van der Waals surface area contributed by atoms with Crippen molar-refractivity contribution in [3.63, 3.8) is 0 Å². The number of hydrogen-bond acceptors (Lipinski definition) is 3. The molecule has 0 aliphatic heterocycles. The molecule has 1 aromatic carbocycles. The zero-order chi connectivity index (χ0) is 15.1. The van der Waals surface area contributed by atoms with Crippen LogP contribution >= 0.6 is 0 Å². The van der Waals surface area contributed by atoms with E-state index in [1.54, 1.807) is 0 Å². The Hall–Kier alpha value is -1.36. The van der Waals surface area contributed by atoms with Crippen molar-refractivity contribution < 1.29 is 13.7 Å². The average Bonchev–Trinajstić information content (AvgIpc) is 2.99. The van der Waals surface area contributed by atoms with E-state index in [4.69, 9.17) is 4.74 Å². The molecular weight excluding hydrogens is 286 g/mol. The first-order valence-electron chi connectivity index (χ1n) is 7.55. The molecule has 2 rings (SSSR count). The second-order valence-corrected chi connectivity index (χ2v) is 7.03. The molecule has 21 heavy (non-hydrogen) atoms. The quantitative estimate of drug-likeness (QED) is 0.841. The van der Waals surface area contributed by atoms with Gasteiger partial charge in [-0.25, -0.2) is 0 Å². The van der Waals surface area contributed by atoms with Crippen LogP contribution < -0.4 is 10.1 Å². The molecule has 1 N–H and O–H groups in total. The lowest BCUT2D eigenvalue weighted by molar-refractivity contribution is -0.118. The molecule has 0 unspecified atom stereocenters. The van der Waals surface area contributed by atoms with E-state index in [9.17, 15) is 9.00 Å². The van der Waals surface area contributed by atoms with Gasteiger partial charge in [-0.3, -0.25) is 9.00 Å². The molecule has 116 valence electrons. The molecule has 1 atom stereocenters. The number of ether oxygens (including phenoxy) is 1. The maximum absolute atomic E-state index is 11.7. The standard InChI is InChI=1S/C16H23NO3S/c1-2-21(19)12-16(18)17-11-13-7-3-6-10-15(13)20-14-8-4-5-9-14/h3,6-7,10,14H,2,4-5,8-9,11-12H2,1H3,(H,17,18)/t21-/m1/s1. The third-order valence-corrected chi connectivity index (χ3v) is 4.89. The van der Waals surface area contributed by atoms with Crippen LogP contribution in [0.4, 0.5) is 0 Å². The maximum Gasteiger partial charge on any atom is 0.232 e. The van der Waals surface area contributed by atoms with Gasteiger partial charge in [-0.2, -0.15) is 0 Å². The Kier molecular flexibility index (Phi) is 6.23. The summed E-state index contributed by atoms with van der Waals surface area (Å²) in [5, 5.41) is 2.82. The van der Waals surface area contributed by atoms with Crippen molar-refractivity contribution in [3.05, 3.63) is 29.8 Å². The number of nitrogens with one attached hydrogen (secondary N) is 1. The minimum Gasteiger partial charge on any atom is -0.490 e. The van der Waals surface area contributed by atoms with Gasteiger partial charge in [0.15, 0.2) is 0 Å². The molecule has 1 amide bonds. The van der Waals surface area contributed by atoms with E-state index in [0.29, 0.717) is 18.4 Å². The zero-order valence-corrected chi connectivity index (χ0v) is 13.3. The Morgan fingerprint density at radius 2 is 2.05 bits per heavy atom. The molecular formula is C16H23NO3S. The second-order valence-electron chi connectivity index (χ2n) is 5.28. The second kappa shape index (κ2) is 8.17. The molecule has 5 heteroatoms. The van der Waals surface area contributed by atoms with Crippen molar-refractivity contribution in [3.8, 4) is 5.75 Å². The first kappa shape index (κ1) is 16.0. The SMILES string of the molecule is CC[S@@](=O)CC(=O)NCc1ccccc1OC1CCCC1. The van der Waals surface area contributed by atoms with Gasteiger partial charge in [0.1, 0.15) is 11.5 Å². The summed E-state index contributed by atoms with van der Waals surface area (Å²) in [4.78, 5) is 11.7. The van der Waals surface area contributed by atoms with Crippen molar-refractivity contribution in [1.29, 1.82) is 0 Å². The van der Waals surface area contributed by atoms with Crippen molar-refractivity contribution in [2.24, 2.45) is 0 Å². The predicted octanol–water partition coefficient (Wildman–Crippen LogP) is 2.39. The van der Waals surface area contributed by atoms with Crippen molar-refractivity contribution in [2.75, 3.05) is 11.5 Å². The monoisotopic (exact) mass is 309 g/mol. The van der Waals surface area contributed by atoms with Gasteiger partial charge >= 0.3 is 0 Å². The summed E-state index contributed by atoms with van der Waals surface area (Å²) in [6, 6.07) is 7.79. The summed E-state index contributed by atoms with van der Waals surface area (Å²) in [7, 11) is -1.07. The minimum absolute atomic E-state index is 0.0716. The van der Waals surface area contributed by atoms with Gasteiger partial charge in [-0.1, -0.05) is 25.1 Å². The topological polar surface area (TPSA) is 55.4 Å². The molecule has 0 saturated heterocycles. The van der Waals surface area contributed by atoms with Crippen LogP contribution in [-0.2, 0) is 22.1 Å². The van der Waals surface area contributed by atoms with E-state index in [1.807, 2.05) is 31.2 Å². The smallest absolute Gasteiger partial charge is 0.232 e. The van der Waals surface area contributed by atoms with E-state index in [2.05, 4.69) is 5.32 Å². The lowest BCUT2D eigenvalue weighted by Gasteiger charge is -2.16. The number of para-hydroxylation sites is 1. The molecule has 1 aromatic rings. The Bertz CT molecular complexity index is 498. The fourth-order valence-corrected chi connectivity index (χ4v) is 3.04. The lowest BCUT2D eigenvalue weighted by atomic mass is 10.2. The summed E-state index contributed by atoms with van der Waals surface area (Å²) in [6.45, 7) is 2.23. The Morgan fingerprint density at radius 1 is 1.33 bits per heavy atom. The van der Waals surface area contributed by atoms with Crippen LogP contribution in [0.3, 0.4) is 0 Å². The highest BCUT2D eigenvalue weighted by Gasteiger charge is 2.17. The highest BCUT2D eigenvalue weighted by atomic mass is 32.2. The minimum atomic E-state index is -1.07. The highest BCUT2D eigenvalue weighted by molar-refractivity contribution is 7.85. The summed E-state index contributed by atoms with van der Waals surface area (Å²) >= 11 is 0. The molecule has 0 heterocycles. The maximum atomic E-state index is 11.7. The molecule has 4 nitrogen and oxygen atoms in total. The highest BCUT2D eigenvalue weighted by Crippen LogP contribution is 2.26. The fourth-order valence-electron chi connectivity index (χ4n) is 2.44. The summed E-state index contributed by atoms with van der Waals surface area (Å²) in [6.07, 6.45) is 4.97. The largest absolute Gasteiger partial charge is 0.490 e. The third-order valence-electron chi connectivity index (χ3n) is 3.66. The van der Waals surface area contributed by atoms with E-state index in [-0.39, 0.29) is 11.7 Å². The van der Waals surface area contributed by atoms with Gasteiger partial charge in [0.2, 0.25) is 5.91 Å². The molecule has 1 aliphatic carbocycles. The number of benzene rings is 1. The van der Waals surface area contributed by atoms with Gasteiger partial charge in [0, 0.05) is 28.7 Å². The Labute approximate surface area is 128 Å². The first-order chi connectivity index (χ1) is 10.2. The van der Waals surface area contributed by atoms with Crippen LogP contribution in [0.5, 0.6) is 5.75 Å². The number of hydrogen-bond donors (Lipinski definition) is 1. The molecule has 1 aliphatic rings. The Morgan fingerprint density at radius 3 is 2.76 bits per heavy atom. The van der Waals surface area contributed by atoms with E-state index in [0.717, 1.165) is 24.2 Å². The lowest BCUT2D eigenvalue weighted by Crippen LogP contribution is -2.28. The van der Waals surface area contributed by atoms with Crippen molar-refractivity contribution >= 4 is 16.7 Å². The van der Waals surface area contributed by atoms with Crippen LogP contribution in [-0.4, -0.2) is 27.7 Å². The van der Waals surface area contributed by atoms with E-state index in [1.165, 1.54) is 12.8 Å².